The molecule has 3 saturated heterocycles. The quantitative estimate of drug-likeness (QED) is 0.911. The summed E-state index contributed by atoms with van der Waals surface area (Å²) in [5.41, 5.74) is 1.83. The number of likely N-dealkylation sites (tertiary alicyclic amines) is 1. The van der Waals surface area contributed by atoms with E-state index in [1.54, 1.807) is 7.11 Å². The topological polar surface area (TPSA) is 57.7 Å². The maximum absolute atomic E-state index is 12.6. The van der Waals surface area contributed by atoms with Crippen molar-refractivity contribution < 1.29 is 9.53 Å². The maximum Gasteiger partial charge on any atom is 0.317 e. The van der Waals surface area contributed by atoms with Crippen molar-refractivity contribution in [3.05, 3.63) is 23.4 Å². The van der Waals surface area contributed by atoms with Gasteiger partial charge in [0.25, 0.3) is 0 Å². The van der Waals surface area contributed by atoms with Gasteiger partial charge in [-0.25, -0.2) is 9.78 Å². The Bertz CT molecular complexity index is 650. The average Bonchev–Trinajstić information content (AvgIpc) is 3.18. The van der Waals surface area contributed by atoms with Crippen LogP contribution < -0.4 is 10.1 Å². The number of carbonyl (C=O) groups is 1. The van der Waals surface area contributed by atoms with Gasteiger partial charge in [0, 0.05) is 43.5 Å². The smallest absolute Gasteiger partial charge is 0.317 e. The number of aromatic nitrogens is 1. The van der Waals surface area contributed by atoms with Crippen LogP contribution in [0.25, 0.3) is 0 Å². The van der Waals surface area contributed by atoms with E-state index in [9.17, 15) is 4.79 Å². The third kappa shape index (κ3) is 3.19. The minimum Gasteiger partial charge on any atom is -0.481 e. The molecule has 0 aliphatic carbocycles. The van der Waals surface area contributed by atoms with Gasteiger partial charge in [0.2, 0.25) is 5.88 Å². The minimum absolute atomic E-state index is 0.0411. The SMILES string of the molecule is COc1nc(C)ccc1CNC(=O)N1C[C@@H]2CN3CCCC[C@@H]3[C@@H]2C1. The van der Waals surface area contributed by atoms with Crippen LogP contribution in [0.2, 0.25) is 0 Å². The highest BCUT2D eigenvalue weighted by molar-refractivity contribution is 5.74. The molecular formula is C19H28N4O2. The van der Waals surface area contributed by atoms with E-state index in [0.717, 1.165) is 24.3 Å². The van der Waals surface area contributed by atoms with Gasteiger partial charge in [0.1, 0.15) is 0 Å². The zero-order chi connectivity index (χ0) is 17.4. The zero-order valence-electron chi connectivity index (χ0n) is 15.2. The van der Waals surface area contributed by atoms with Crippen LogP contribution in [-0.4, -0.2) is 60.1 Å². The third-order valence-electron chi connectivity index (χ3n) is 6.11. The van der Waals surface area contributed by atoms with Crippen LogP contribution >= 0.6 is 0 Å². The van der Waals surface area contributed by atoms with E-state index in [4.69, 9.17) is 4.74 Å². The van der Waals surface area contributed by atoms with Crippen LogP contribution in [0.1, 0.15) is 30.5 Å². The summed E-state index contributed by atoms with van der Waals surface area (Å²) in [5, 5.41) is 3.05. The van der Waals surface area contributed by atoms with Gasteiger partial charge in [-0.05, 0) is 44.2 Å². The number of rotatable bonds is 3. The maximum atomic E-state index is 12.6. The van der Waals surface area contributed by atoms with Crippen molar-refractivity contribution in [3.8, 4) is 5.88 Å². The van der Waals surface area contributed by atoms with E-state index in [-0.39, 0.29) is 6.03 Å². The van der Waals surface area contributed by atoms with Crippen molar-refractivity contribution in [3.63, 3.8) is 0 Å². The number of hydrogen-bond acceptors (Lipinski definition) is 4. The lowest BCUT2D eigenvalue weighted by atomic mass is 9.90. The van der Waals surface area contributed by atoms with Gasteiger partial charge in [-0.1, -0.05) is 12.5 Å². The molecule has 25 heavy (non-hydrogen) atoms. The molecule has 6 nitrogen and oxygen atoms in total. The second-order valence-corrected chi connectivity index (χ2v) is 7.67. The molecule has 4 rings (SSSR count). The molecule has 136 valence electrons. The van der Waals surface area contributed by atoms with E-state index in [1.807, 2.05) is 24.0 Å². The molecule has 2 amide bonds. The first-order valence-electron chi connectivity index (χ1n) is 9.43. The van der Waals surface area contributed by atoms with E-state index < -0.39 is 0 Å². The Morgan fingerprint density at radius 1 is 1.32 bits per heavy atom. The van der Waals surface area contributed by atoms with Crippen LogP contribution in [0.4, 0.5) is 4.79 Å². The lowest BCUT2D eigenvalue weighted by molar-refractivity contribution is 0.154. The fourth-order valence-corrected chi connectivity index (χ4v) is 4.88. The lowest BCUT2D eigenvalue weighted by Crippen LogP contribution is -2.43. The summed E-state index contributed by atoms with van der Waals surface area (Å²) in [6.45, 7) is 6.62. The number of aryl methyl sites for hydroxylation is 1. The molecule has 3 atom stereocenters. The second kappa shape index (κ2) is 6.83. The molecule has 3 aliphatic rings. The van der Waals surface area contributed by atoms with E-state index >= 15 is 0 Å². The van der Waals surface area contributed by atoms with Crippen molar-refractivity contribution in [2.75, 3.05) is 33.3 Å². The molecule has 0 saturated carbocycles. The molecule has 0 spiro atoms. The van der Waals surface area contributed by atoms with Gasteiger partial charge in [-0.15, -0.1) is 0 Å². The molecule has 3 aliphatic heterocycles. The number of urea groups is 1. The highest BCUT2D eigenvalue weighted by atomic mass is 16.5. The van der Waals surface area contributed by atoms with Gasteiger partial charge in [-0.3, -0.25) is 4.90 Å². The summed E-state index contributed by atoms with van der Waals surface area (Å²) in [7, 11) is 1.62. The minimum atomic E-state index is 0.0411. The molecule has 0 radical (unpaired) electrons. The van der Waals surface area contributed by atoms with Crippen LogP contribution in [0.15, 0.2) is 12.1 Å². The third-order valence-corrected chi connectivity index (χ3v) is 6.11. The van der Waals surface area contributed by atoms with Crippen molar-refractivity contribution in [2.24, 2.45) is 11.8 Å². The number of pyridine rings is 1. The monoisotopic (exact) mass is 344 g/mol. The molecule has 1 aromatic heterocycles. The largest absolute Gasteiger partial charge is 0.481 e. The Hall–Kier alpha value is -1.82. The van der Waals surface area contributed by atoms with Gasteiger partial charge in [0.15, 0.2) is 0 Å². The van der Waals surface area contributed by atoms with Crippen molar-refractivity contribution in [2.45, 2.75) is 38.8 Å². The Morgan fingerprint density at radius 2 is 2.20 bits per heavy atom. The van der Waals surface area contributed by atoms with Crippen molar-refractivity contribution in [1.29, 1.82) is 0 Å². The fourth-order valence-electron chi connectivity index (χ4n) is 4.88. The number of nitrogens with zero attached hydrogens (tertiary/aromatic N) is 3. The Kier molecular flexibility index (Phi) is 4.54. The molecule has 0 bridgehead atoms. The molecule has 1 aromatic rings. The Balaban J connectivity index is 1.34. The first kappa shape index (κ1) is 16.6. The highest BCUT2D eigenvalue weighted by Gasteiger charge is 2.48. The summed E-state index contributed by atoms with van der Waals surface area (Å²) in [5.74, 6) is 1.92. The summed E-state index contributed by atoms with van der Waals surface area (Å²) < 4.78 is 5.32. The summed E-state index contributed by atoms with van der Waals surface area (Å²) in [6, 6.07) is 4.67. The Morgan fingerprint density at radius 3 is 3.04 bits per heavy atom. The normalized spacial score (nSPS) is 28.6. The number of nitrogens with one attached hydrogen (secondary N) is 1. The Labute approximate surface area is 149 Å². The number of fused-ring (bicyclic) bond motifs is 3. The molecule has 1 N–H and O–H groups in total. The molecule has 6 heteroatoms. The van der Waals surface area contributed by atoms with Crippen LogP contribution in [0.3, 0.4) is 0 Å². The van der Waals surface area contributed by atoms with Gasteiger partial charge in [-0.2, -0.15) is 0 Å². The van der Waals surface area contributed by atoms with Gasteiger partial charge in [0.05, 0.1) is 7.11 Å². The summed E-state index contributed by atoms with van der Waals surface area (Å²) in [6.07, 6.45) is 3.99. The predicted octanol–water partition coefficient (Wildman–Crippen LogP) is 2.02. The number of carbonyl (C=O) groups excluding carboxylic acids is 1. The number of ether oxygens (including phenoxy) is 1. The number of amides is 2. The second-order valence-electron chi connectivity index (χ2n) is 7.67. The number of hydrogen-bond donors (Lipinski definition) is 1. The summed E-state index contributed by atoms with van der Waals surface area (Å²) >= 11 is 0. The van der Waals surface area contributed by atoms with Crippen molar-refractivity contribution >= 4 is 6.03 Å². The van der Waals surface area contributed by atoms with E-state index in [1.165, 1.54) is 32.4 Å². The standard InChI is InChI=1S/C19H28N4O2/c1-13-6-7-14(18(21-13)25-2)9-20-19(24)23-11-15-10-22-8-4-3-5-17(22)16(15)12-23/h6-7,15-17H,3-5,8-12H2,1-2H3,(H,20,24)/t15-,16+,17+/m0/s1. The van der Waals surface area contributed by atoms with Crippen LogP contribution in [-0.2, 0) is 6.54 Å². The summed E-state index contributed by atoms with van der Waals surface area (Å²) in [4.78, 5) is 21.7. The van der Waals surface area contributed by atoms with Gasteiger partial charge < -0.3 is 15.0 Å². The number of methoxy groups -OCH3 is 1. The molecular weight excluding hydrogens is 316 g/mol. The molecule has 4 heterocycles. The number of piperidine rings is 1. The first-order valence-corrected chi connectivity index (χ1v) is 9.43. The molecule has 3 fully saturated rings. The molecule has 0 unspecified atom stereocenters. The lowest BCUT2D eigenvalue weighted by Gasteiger charge is -2.33. The average molecular weight is 344 g/mol. The highest BCUT2D eigenvalue weighted by Crippen LogP contribution is 2.40. The van der Waals surface area contributed by atoms with Crippen LogP contribution in [0.5, 0.6) is 5.88 Å². The van der Waals surface area contributed by atoms with E-state index in [0.29, 0.717) is 30.3 Å². The fraction of sp³-hybridized carbons (Fsp3) is 0.684. The van der Waals surface area contributed by atoms with Gasteiger partial charge >= 0.3 is 6.03 Å². The first-order chi connectivity index (χ1) is 12.2. The molecule has 0 aromatic carbocycles. The predicted molar refractivity (Wildman–Crippen MR) is 95.5 cm³/mol. The van der Waals surface area contributed by atoms with Crippen LogP contribution in [0, 0.1) is 18.8 Å². The van der Waals surface area contributed by atoms with E-state index in [2.05, 4.69) is 15.2 Å². The zero-order valence-corrected chi connectivity index (χ0v) is 15.2. The van der Waals surface area contributed by atoms with Crippen molar-refractivity contribution in [1.82, 2.24) is 20.1 Å².